The van der Waals surface area contributed by atoms with Gasteiger partial charge < -0.3 is 10.2 Å². The molecule has 0 aliphatic carbocycles. The molecule has 2 amide bonds. The first-order valence-corrected chi connectivity index (χ1v) is 10.1. The Morgan fingerprint density at radius 3 is 2.74 bits per heavy atom. The molecular weight excluding hydrogens is 388 g/mol. The Balaban J connectivity index is 1.52. The lowest BCUT2D eigenvalue weighted by Crippen LogP contribution is -2.31. The first-order chi connectivity index (χ1) is 15.1. The van der Waals surface area contributed by atoms with Crippen LogP contribution in [0.1, 0.15) is 22.3 Å². The number of aromatic nitrogens is 2. The van der Waals surface area contributed by atoms with Gasteiger partial charge in [0.1, 0.15) is 0 Å². The number of anilines is 2. The number of rotatable bonds is 3. The number of hydrogen-bond donors (Lipinski definition) is 1. The molecule has 0 radical (unpaired) electrons. The molecule has 0 spiro atoms. The molecule has 0 fully saturated rings. The maximum absolute atomic E-state index is 13.3. The summed E-state index contributed by atoms with van der Waals surface area (Å²) in [6, 6.07) is 18.8. The monoisotopic (exact) mass is 408 g/mol. The van der Waals surface area contributed by atoms with E-state index in [-0.39, 0.29) is 11.8 Å². The van der Waals surface area contributed by atoms with E-state index in [9.17, 15) is 9.59 Å². The molecule has 6 nitrogen and oxygen atoms in total. The second kappa shape index (κ2) is 7.65. The van der Waals surface area contributed by atoms with Gasteiger partial charge in [-0.05, 0) is 54.4 Å². The third-order valence-electron chi connectivity index (χ3n) is 5.60. The topological polar surface area (TPSA) is 75.2 Å². The highest BCUT2D eigenvalue weighted by Crippen LogP contribution is 2.30. The van der Waals surface area contributed by atoms with Gasteiger partial charge in [-0.3, -0.25) is 14.6 Å². The van der Waals surface area contributed by atoms with Crippen LogP contribution in [-0.4, -0.2) is 28.8 Å². The minimum absolute atomic E-state index is 0.107. The fourth-order valence-electron chi connectivity index (χ4n) is 3.96. The third kappa shape index (κ3) is 3.53. The van der Waals surface area contributed by atoms with Gasteiger partial charge in [0, 0.05) is 48.2 Å². The van der Waals surface area contributed by atoms with Crippen LogP contribution in [0.2, 0.25) is 0 Å². The molecule has 0 saturated heterocycles. The Kier molecular flexibility index (Phi) is 4.67. The van der Waals surface area contributed by atoms with Crippen molar-refractivity contribution in [2.75, 3.05) is 17.3 Å². The minimum Gasteiger partial charge on any atom is -0.322 e. The molecular formula is C25H20N4O2. The SMILES string of the molecule is CN1C(=O)CCc2cc(NC(=O)c3cc(-c4cccnc4)nc4ccccc34)ccc21. The summed E-state index contributed by atoms with van der Waals surface area (Å²) in [4.78, 5) is 35.7. The van der Waals surface area contributed by atoms with E-state index in [2.05, 4.69) is 10.3 Å². The van der Waals surface area contributed by atoms with Crippen molar-refractivity contribution < 1.29 is 9.59 Å². The van der Waals surface area contributed by atoms with E-state index < -0.39 is 0 Å². The molecule has 6 heteroatoms. The normalized spacial score (nSPS) is 13.2. The molecule has 0 unspecified atom stereocenters. The van der Waals surface area contributed by atoms with Gasteiger partial charge in [-0.25, -0.2) is 4.98 Å². The first-order valence-electron chi connectivity index (χ1n) is 10.1. The maximum Gasteiger partial charge on any atom is 0.256 e. The summed E-state index contributed by atoms with van der Waals surface area (Å²) in [5.74, 6) is -0.0978. The minimum atomic E-state index is -0.205. The fourth-order valence-corrected chi connectivity index (χ4v) is 3.96. The van der Waals surface area contributed by atoms with E-state index in [0.29, 0.717) is 29.8 Å². The van der Waals surface area contributed by atoms with Crippen LogP contribution in [0.3, 0.4) is 0 Å². The largest absolute Gasteiger partial charge is 0.322 e. The molecule has 2 aromatic carbocycles. The molecule has 4 aromatic rings. The average molecular weight is 408 g/mol. The zero-order valence-corrected chi connectivity index (χ0v) is 17.0. The lowest BCUT2D eigenvalue weighted by atomic mass is 10.0. The summed E-state index contributed by atoms with van der Waals surface area (Å²) in [6.07, 6.45) is 4.59. The van der Waals surface area contributed by atoms with Crippen molar-refractivity contribution in [3.05, 3.63) is 84.2 Å². The number of hydrogen-bond acceptors (Lipinski definition) is 4. The predicted octanol–water partition coefficient (Wildman–Crippen LogP) is 4.46. The summed E-state index contributed by atoms with van der Waals surface area (Å²) in [5, 5.41) is 3.81. The second-order valence-corrected chi connectivity index (χ2v) is 7.56. The van der Waals surface area contributed by atoms with E-state index >= 15 is 0 Å². The van der Waals surface area contributed by atoms with Crippen LogP contribution in [0.25, 0.3) is 22.2 Å². The molecule has 0 saturated carbocycles. The smallest absolute Gasteiger partial charge is 0.256 e. The van der Waals surface area contributed by atoms with E-state index in [1.54, 1.807) is 30.4 Å². The molecule has 0 bridgehead atoms. The van der Waals surface area contributed by atoms with Gasteiger partial charge in [0.2, 0.25) is 5.91 Å². The van der Waals surface area contributed by atoms with Crippen molar-refractivity contribution in [3.8, 4) is 11.3 Å². The van der Waals surface area contributed by atoms with Gasteiger partial charge in [0.25, 0.3) is 5.91 Å². The van der Waals surface area contributed by atoms with Crippen molar-refractivity contribution >= 4 is 34.1 Å². The zero-order valence-electron chi connectivity index (χ0n) is 17.0. The molecule has 0 atom stereocenters. The molecule has 31 heavy (non-hydrogen) atoms. The summed E-state index contributed by atoms with van der Waals surface area (Å²) >= 11 is 0. The molecule has 5 rings (SSSR count). The molecule has 2 aromatic heterocycles. The Morgan fingerprint density at radius 1 is 1.03 bits per heavy atom. The van der Waals surface area contributed by atoms with Crippen LogP contribution >= 0.6 is 0 Å². The standard InChI is InChI=1S/C25H20N4O2/c1-29-23-10-9-18(13-16(23)8-11-24(29)30)27-25(31)20-14-22(17-5-4-12-26-15-17)28-21-7-3-2-6-19(20)21/h2-7,9-10,12-15H,8,11H2,1H3,(H,27,31). The van der Waals surface area contributed by atoms with Crippen molar-refractivity contribution in [1.82, 2.24) is 9.97 Å². The van der Waals surface area contributed by atoms with Gasteiger partial charge >= 0.3 is 0 Å². The predicted molar refractivity (Wildman–Crippen MR) is 121 cm³/mol. The number of amides is 2. The number of para-hydroxylation sites is 1. The van der Waals surface area contributed by atoms with Crippen LogP contribution in [0.4, 0.5) is 11.4 Å². The van der Waals surface area contributed by atoms with E-state index in [1.807, 2.05) is 54.6 Å². The number of nitrogens with one attached hydrogen (secondary N) is 1. The number of pyridine rings is 2. The van der Waals surface area contributed by atoms with Crippen LogP contribution in [-0.2, 0) is 11.2 Å². The van der Waals surface area contributed by atoms with Crippen LogP contribution < -0.4 is 10.2 Å². The van der Waals surface area contributed by atoms with Crippen LogP contribution in [0.5, 0.6) is 0 Å². The lowest BCUT2D eigenvalue weighted by Gasteiger charge is -2.26. The van der Waals surface area contributed by atoms with Gasteiger partial charge in [0.05, 0.1) is 16.8 Å². The Morgan fingerprint density at radius 2 is 1.90 bits per heavy atom. The van der Waals surface area contributed by atoms with Crippen molar-refractivity contribution in [3.63, 3.8) is 0 Å². The molecule has 1 aliphatic rings. The fraction of sp³-hybridized carbons (Fsp3) is 0.120. The first kappa shape index (κ1) is 18.9. The molecule has 152 valence electrons. The molecule has 1 aliphatic heterocycles. The van der Waals surface area contributed by atoms with Crippen LogP contribution in [0, 0.1) is 0 Å². The highest BCUT2D eigenvalue weighted by Gasteiger charge is 2.21. The maximum atomic E-state index is 13.3. The number of benzene rings is 2. The van der Waals surface area contributed by atoms with E-state index in [0.717, 1.165) is 27.7 Å². The third-order valence-corrected chi connectivity index (χ3v) is 5.60. The number of carbonyl (C=O) groups is 2. The van der Waals surface area contributed by atoms with Gasteiger partial charge in [0.15, 0.2) is 0 Å². The Labute approximate surface area is 179 Å². The molecule has 1 N–H and O–H groups in total. The highest BCUT2D eigenvalue weighted by atomic mass is 16.2. The summed E-state index contributed by atoms with van der Waals surface area (Å²) in [6.45, 7) is 0. The number of carbonyl (C=O) groups excluding carboxylic acids is 2. The lowest BCUT2D eigenvalue weighted by molar-refractivity contribution is -0.118. The van der Waals surface area contributed by atoms with Crippen LogP contribution in [0.15, 0.2) is 73.1 Å². The summed E-state index contributed by atoms with van der Waals surface area (Å²) < 4.78 is 0. The van der Waals surface area contributed by atoms with Gasteiger partial charge in [-0.2, -0.15) is 0 Å². The summed E-state index contributed by atoms with van der Waals surface area (Å²) in [7, 11) is 1.78. The zero-order chi connectivity index (χ0) is 21.4. The van der Waals surface area contributed by atoms with Crippen molar-refractivity contribution in [2.45, 2.75) is 12.8 Å². The highest BCUT2D eigenvalue weighted by molar-refractivity contribution is 6.13. The second-order valence-electron chi connectivity index (χ2n) is 7.56. The van der Waals surface area contributed by atoms with E-state index in [1.165, 1.54) is 0 Å². The van der Waals surface area contributed by atoms with Crippen molar-refractivity contribution in [2.24, 2.45) is 0 Å². The Bertz CT molecular complexity index is 1320. The van der Waals surface area contributed by atoms with Gasteiger partial charge in [-0.15, -0.1) is 0 Å². The van der Waals surface area contributed by atoms with E-state index in [4.69, 9.17) is 4.98 Å². The number of nitrogens with zero attached hydrogens (tertiary/aromatic N) is 3. The number of aryl methyl sites for hydroxylation is 1. The van der Waals surface area contributed by atoms with Crippen molar-refractivity contribution in [1.29, 1.82) is 0 Å². The number of fused-ring (bicyclic) bond motifs is 2. The summed E-state index contributed by atoms with van der Waals surface area (Å²) in [5.41, 5.74) is 5.49. The average Bonchev–Trinajstić information content (AvgIpc) is 2.81. The molecule has 3 heterocycles. The quantitative estimate of drug-likeness (QED) is 0.543. The Hall–Kier alpha value is -4.06. The van der Waals surface area contributed by atoms with Gasteiger partial charge in [-0.1, -0.05) is 18.2 Å².